The van der Waals surface area contributed by atoms with E-state index in [4.69, 9.17) is 13.9 Å². The molecule has 156 valence electrons. The molecular weight excluding hydrogens is 380 g/mol. The van der Waals surface area contributed by atoms with Crippen LogP contribution in [0.15, 0.2) is 65.3 Å². The lowest BCUT2D eigenvalue weighted by Crippen LogP contribution is -2.41. The Hall–Kier alpha value is -3.25. The number of fused-ring (bicyclic) bond motifs is 1. The van der Waals surface area contributed by atoms with Crippen molar-refractivity contribution in [2.45, 2.75) is 19.0 Å². The monoisotopic (exact) mass is 406 g/mol. The van der Waals surface area contributed by atoms with Gasteiger partial charge in [0.15, 0.2) is 17.3 Å². The summed E-state index contributed by atoms with van der Waals surface area (Å²) in [7, 11) is 3.29. The summed E-state index contributed by atoms with van der Waals surface area (Å²) in [5.41, 5.74) is 3.60. The molecule has 0 fully saturated rings. The second-order valence-electron chi connectivity index (χ2n) is 7.32. The van der Waals surface area contributed by atoms with Crippen molar-refractivity contribution in [1.82, 2.24) is 10.2 Å². The number of benzene rings is 2. The number of carbonyl (C=O) groups excluding carboxylic acids is 1. The van der Waals surface area contributed by atoms with Crippen molar-refractivity contribution in [2.75, 3.05) is 27.3 Å². The first-order valence-corrected chi connectivity index (χ1v) is 10.0. The molecule has 0 bridgehead atoms. The van der Waals surface area contributed by atoms with Gasteiger partial charge in [-0.1, -0.05) is 30.3 Å². The lowest BCUT2D eigenvalue weighted by molar-refractivity contribution is 0.0898. The van der Waals surface area contributed by atoms with E-state index in [1.54, 1.807) is 26.4 Å². The van der Waals surface area contributed by atoms with Crippen molar-refractivity contribution in [2.24, 2.45) is 0 Å². The fraction of sp³-hybridized carbons (Fsp3) is 0.292. The molecule has 1 amide bonds. The summed E-state index contributed by atoms with van der Waals surface area (Å²) in [5.74, 6) is 1.52. The summed E-state index contributed by atoms with van der Waals surface area (Å²) in [6.07, 6.45) is 2.41. The first-order chi connectivity index (χ1) is 14.7. The molecule has 1 aliphatic rings. The second-order valence-corrected chi connectivity index (χ2v) is 7.32. The predicted molar refractivity (Wildman–Crippen MR) is 114 cm³/mol. The average molecular weight is 406 g/mol. The van der Waals surface area contributed by atoms with E-state index in [1.807, 2.05) is 12.1 Å². The highest BCUT2D eigenvalue weighted by molar-refractivity contribution is 5.91. The third-order valence-corrected chi connectivity index (χ3v) is 5.54. The zero-order valence-corrected chi connectivity index (χ0v) is 17.3. The summed E-state index contributed by atoms with van der Waals surface area (Å²) in [5, 5.41) is 3.03. The Kier molecular flexibility index (Phi) is 6.05. The molecule has 0 saturated carbocycles. The van der Waals surface area contributed by atoms with E-state index >= 15 is 0 Å². The van der Waals surface area contributed by atoms with Crippen molar-refractivity contribution in [1.29, 1.82) is 0 Å². The number of hydrogen-bond acceptors (Lipinski definition) is 5. The van der Waals surface area contributed by atoms with Crippen LogP contribution in [0.4, 0.5) is 0 Å². The number of carbonyl (C=O) groups is 1. The molecule has 1 atom stereocenters. The molecule has 6 heteroatoms. The molecule has 0 saturated heterocycles. The quantitative estimate of drug-likeness (QED) is 0.646. The average Bonchev–Trinajstić information content (AvgIpc) is 3.33. The molecule has 0 aliphatic carbocycles. The summed E-state index contributed by atoms with van der Waals surface area (Å²) < 4.78 is 16.3. The van der Waals surface area contributed by atoms with Gasteiger partial charge in [-0.2, -0.15) is 0 Å². The Bertz CT molecular complexity index is 986. The van der Waals surface area contributed by atoms with E-state index in [2.05, 4.69) is 40.5 Å². The van der Waals surface area contributed by atoms with Gasteiger partial charge in [0.25, 0.3) is 5.91 Å². The molecule has 4 rings (SSSR count). The van der Waals surface area contributed by atoms with Crippen LogP contribution in [0.1, 0.15) is 33.3 Å². The maximum absolute atomic E-state index is 12.5. The summed E-state index contributed by atoms with van der Waals surface area (Å²) in [6.45, 7) is 2.16. The van der Waals surface area contributed by atoms with Crippen molar-refractivity contribution >= 4 is 5.91 Å². The zero-order valence-electron chi connectivity index (χ0n) is 17.3. The normalized spacial score (nSPS) is 16.0. The van der Waals surface area contributed by atoms with Crippen LogP contribution in [0.2, 0.25) is 0 Å². The van der Waals surface area contributed by atoms with Crippen molar-refractivity contribution < 1.29 is 18.7 Å². The van der Waals surface area contributed by atoms with Gasteiger partial charge < -0.3 is 19.2 Å². The summed E-state index contributed by atoms with van der Waals surface area (Å²) in [4.78, 5) is 14.9. The zero-order chi connectivity index (χ0) is 20.9. The number of nitrogens with one attached hydrogen (secondary N) is 1. The van der Waals surface area contributed by atoms with Crippen LogP contribution < -0.4 is 14.8 Å². The van der Waals surface area contributed by atoms with Gasteiger partial charge in [0.2, 0.25) is 0 Å². The van der Waals surface area contributed by atoms with Crippen molar-refractivity contribution in [3.05, 3.63) is 83.3 Å². The Morgan fingerprint density at radius 3 is 2.57 bits per heavy atom. The lowest BCUT2D eigenvalue weighted by atomic mass is 9.91. The predicted octanol–water partition coefficient (Wildman–Crippen LogP) is 3.83. The van der Waals surface area contributed by atoms with Crippen LogP contribution in [0.3, 0.4) is 0 Å². The van der Waals surface area contributed by atoms with E-state index in [1.165, 1.54) is 17.4 Å². The highest BCUT2D eigenvalue weighted by Gasteiger charge is 2.29. The van der Waals surface area contributed by atoms with Crippen LogP contribution >= 0.6 is 0 Å². The van der Waals surface area contributed by atoms with Gasteiger partial charge in [-0.15, -0.1) is 0 Å². The smallest absolute Gasteiger partial charge is 0.287 e. The second kappa shape index (κ2) is 9.05. The molecule has 30 heavy (non-hydrogen) atoms. The molecule has 1 aliphatic heterocycles. The molecule has 2 aromatic carbocycles. The minimum absolute atomic E-state index is 0.00711. The third-order valence-electron chi connectivity index (χ3n) is 5.54. The summed E-state index contributed by atoms with van der Waals surface area (Å²) in [6, 6.07) is 17.9. The SMILES string of the molecule is COc1cc2c(cc1OC)C(CNC(=O)c1ccco1)N(Cc1ccccc1)CC2. The first-order valence-electron chi connectivity index (χ1n) is 10.0. The van der Waals surface area contributed by atoms with Crippen molar-refractivity contribution in [3.8, 4) is 11.5 Å². The van der Waals surface area contributed by atoms with Gasteiger partial charge in [-0.3, -0.25) is 9.69 Å². The first kappa shape index (κ1) is 20.0. The third kappa shape index (κ3) is 4.19. The largest absolute Gasteiger partial charge is 0.493 e. The molecule has 3 aromatic rings. The number of ether oxygens (including phenoxy) is 2. The Morgan fingerprint density at radius 2 is 1.87 bits per heavy atom. The molecule has 1 unspecified atom stereocenters. The fourth-order valence-electron chi connectivity index (χ4n) is 4.01. The van der Waals surface area contributed by atoms with E-state index < -0.39 is 0 Å². The number of hydrogen-bond donors (Lipinski definition) is 1. The van der Waals surface area contributed by atoms with Crippen LogP contribution in [0.25, 0.3) is 0 Å². The van der Waals surface area contributed by atoms with E-state index in [-0.39, 0.29) is 11.9 Å². The maximum atomic E-state index is 12.5. The Morgan fingerprint density at radius 1 is 1.10 bits per heavy atom. The van der Waals surface area contributed by atoms with Crippen LogP contribution in [-0.4, -0.2) is 38.1 Å². The lowest BCUT2D eigenvalue weighted by Gasteiger charge is -2.38. The molecule has 0 spiro atoms. The number of furan rings is 1. The van der Waals surface area contributed by atoms with Gasteiger partial charge >= 0.3 is 0 Å². The van der Waals surface area contributed by atoms with E-state index in [0.717, 1.165) is 30.8 Å². The molecule has 0 radical (unpaired) electrons. The van der Waals surface area contributed by atoms with Crippen LogP contribution in [0, 0.1) is 0 Å². The molecule has 6 nitrogen and oxygen atoms in total. The molecule has 1 aromatic heterocycles. The number of nitrogens with zero attached hydrogens (tertiary/aromatic N) is 1. The van der Waals surface area contributed by atoms with Gasteiger partial charge in [0, 0.05) is 19.6 Å². The standard InChI is InChI=1S/C24H26N2O4/c1-28-22-13-18-10-11-26(16-17-7-4-3-5-8-17)20(19(18)14-23(22)29-2)15-25-24(27)21-9-6-12-30-21/h3-9,12-14,20H,10-11,15-16H2,1-2H3,(H,25,27). The number of methoxy groups -OCH3 is 2. The Balaban J connectivity index is 1.63. The molecular formula is C24H26N2O4. The van der Waals surface area contributed by atoms with E-state index in [0.29, 0.717) is 18.1 Å². The molecule has 2 heterocycles. The minimum Gasteiger partial charge on any atom is -0.493 e. The fourth-order valence-corrected chi connectivity index (χ4v) is 4.01. The van der Waals surface area contributed by atoms with E-state index in [9.17, 15) is 4.79 Å². The van der Waals surface area contributed by atoms with Gasteiger partial charge in [0.05, 0.1) is 26.5 Å². The maximum Gasteiger partial charge on any atom is 0.287 e. The van der Waals surface area contributed by atoms with Gasteiger partial charge in [-0.05, 0) is 47.4 Å². The van der Waals surface area contributed by atoms with Crippen LogP contribution in [0.5, 0.6) is 11.5 Å². The molecule has 1 N–H and O–H groups in total. The summed E-state index contributed by atoms with van der Waals surface area (Å²) >= 11 is 0. The van der Waals surface area contributed by atoms with Gasteiger partial charge in [0.1, 0.15) is 0 Å². The number of rotatable bonds is 7. The minimum atomic E-state index is -0.215. The van der Waals surface area contributed by atoms with Crippen molar-refractivity contribution in [3.63, 3.8) is 0 Å². The number of amides is 1. The van der Waals surface area contributed by atoms with Crippen LogP contribution in [-0.2, 0) is 13.0 Å². The topological polar surface area (TPSA) is 63.9 Å². The van der Waals surface area contributed by atoms with Gasteiger partial charge in [-0.25, -0.2) is 0 Å². The Labute approximate surface area is 176 Å². The highest BCUT2D eigenvalue weighted by atomic mass is 16.5. The highest BCUT2D eigenvalue weighted by Crippen LogP contribution is 2.38.